The summed E-state index contributed by atoms with van der Waals surface area (Å²) >= 11 is 0. The molecule has 2 heteroatoms. The number of carboxylic acid groups (broad SMARTS) is 1. The van der Waals surface area contributed by atoms with E-state index in [1.807, 2.05) is 0 Å². The van der Waals surface area contributed by atoms with Crippen LogP contribution in [0.25, 0.3) is 0 Å². The molecule has 6 bridgehead atoms. The van der Waals surface area contributed by atoms with Gasteiger partial charge in [0.2, 0.25) is 0 Å². The zero-order valence-corrected chi connectivity index (χ0v) is 12.1. The Morgan fingerprint density at radius 1 is 0.950 bits per heavy atom. The molecule has 0 amide bonds. The number of fused-ring (bicyclic) bond motifs is 2. The molecule has 0 saturated heterocycles. The number of hydrogen-bond donors (Lipinski definition) is 1. The van der Waals surface area contributed by atoms with Gasteiger partial charge in [-0.2, -0.15) is 0 Å². The van der Waals surface area contributed by atoms with Crippen LogP contribution in [0.2, 0.25) is 0 Å². The first-order valence-corrected chi connectivity index (χ1v) is 8.52. The monoisotopic (exact) mass is 272 g/mol. The second-order valence-electron chi connectivity index (χ2n) is 8.69. The molecule has 20 heavy (non-hydrogen) atoms. The molecule has 0 spiro atoms. The summed E-state index contributed by atoms with van der Waals surface area (Å²) in [7, 11) is 0. The molecule has 2 nitrogen and oxygen atoms in total. The summed E-state index contributed by atoms with van der Waals surface area (Å²) in [6.45, 7) is 0. The summed E-state index contributed by atoms with van der Waals surface area (Å²) in [6.07, 6.45) is 15.1. The van der Waals surface area contributed by atoms with E-state index in [0.29, 0.717) is 11.3 Å². The number of allylic oxidation sites excluding steroid dienone is 2. The second-order valence-corrected chi connectivity index (χ2v) is 8.69. The van der Waals surface area contributed by atoms with E-state index in [1.54, 1.807) is 0 Å². The van der Waals surface area contributed by atoms with Crippen molar-refractivity contribution in [3.05, 3.63) is 12.2 Å². The normalized spacial score (nSPS) is 58.5. The highest BCUT2D eigenvalue weighted by atomic mass is 16.4. The third kappa shape index (κ3) is 1.25. The molecule has 3 unspecified atom stereocenters. The lowest BCUT2D eigenvalue weighted by Crippen LogP contribution is -2.56. The number of hydrogen-bond acceptors (Lipinski definition) is 1. The Balaban J connectivity index is 1.61. The van der Waals surface area contributed by atoms with Crippen molar-refractivity contribution in [2.45, 2.75) is 51.4 Å². The van der Waals surface area contributed by atoms with Crippen LogP contribution in [0.1, 0.15) is 51.4 Å². The van der Waals surface area contributed by atoms with Crippen LogP contribution in [0.5, 0.6) is 0 Å². The fourth-order valence-corrected chi connectivity index (χ4v) is 7.58. The van der Waals surface area contributed by atoms with Gasteiger partial charge in [-0.15, -0.1) is 0 Å². The van der Waals surface area contributed by atoms with Gasteiger partial charge in [-0.1, -0.05) is 12.2 Å². The fourth-order valence-electron chi connectivity index (χ4n) is 7.58. The van der Waals surface area contributed by atoms with Crippen LogP contribution < -0.4 is 0 Å². The molecule has 0 aromatic heterocycles. The zero-order chi connectivity index (χ0) is 13.5. The van der Waals surface area contributed by atoms with Gasteiger partial charge in [0.05, 0.1) is 5.92 Å². The molecule has 5 fully saturated rings. The Labute approximate surface area is 120 Å². The highest BCUT2D eigenvalue weighted by molar-refractivity contribution is 5.73. The number of rotatable bonds is 2. The second kappa shape index (κ2) is 3.51. The number of carboxylic acids is 1. The van der Waals surface area contributed by atoms with Crippen molar-refractivity contribution in [2.24, 2.45) is 40.4 Å². The standard InChI is InChI=1S/C18H24O2/c19-16(20)15-6-11-1-2-18(15,10-11)17-7-12-3-13(8-17)5-14(4-12)9-17/h1-2,11-15H,3-10H2,(H,19,20). The minimum atomic E-state index is -0.521. The van der Waals surface area contributed by atoms with Gasteiger partial charge in [0, 0.05) is 5.41 Å². The van der Waals surface area contributed by atoms with E-state index < -0.39 is 5.97 Å². The maximum Gasteiger partial charge on any atom is 0.307 e. The number of carbonyl (C=O) groups is 1. The molecule has 3 atom stereocenters. The lowest BCUT2D eigenvalue weighted by Gasteiger charge is -2.63. The third-order valence-electron chi connectivity index (χ3n) is 7.75. The minimum Gasteiger partial charge on any atom is -0.481 e. The molecular weight excluding hydrogens is 248 g/mol. The SMILES string of the molecule is O=C(O)C1CC2C=CC1(C13CC4CC(CC(C4)C1)C3)C2. The Morgan fingerprint density at radius 2 is 1.55 bits per heavy atom. The molecule has 6 aliphatic carbocycles. The van der Waals surface area contributed by atoms with Gasteiger partial charge < -0.3 is 5.11 Å². The maximum absolute atomic E-state index is 11.9. The van der Waals surface area contributed by atoms with E-state index in [4.69, 9.17) is 0 Å². The molecule has 0 aromatic carbocycles. The van der Waals surface area contributed by atoms with Crippen molar-refractivity contribution in [3.8, 4) is 0 Å². The molecule has 6 rings (SSSR count). The quantitative estimate of drug-likeness (QED) is 0.775. The summed E-state index contributed by atoms with van der Waals surface area (Å²) in [5, 5.41) is 9.77. The van der Waals surface area contributed by atoms with E-state index in [9.17, 15) is 9.90 Å². The van der Waals surface area contributed by atoms with Crippen LogP contribution in [0.3, 0.4) is 0 Å². The summed E-state index contributed by atoms with van der Waals surface area (Å²) in [5.74, 6) is 2.69. The molecule has 0 aliphatic heterocycles. The van der Waals surface area contributed by atoms with Crippen LogP contribution in [0, 0.1) is 40.4 Å². The zero-order valence-electron chi connectivity index (χ0n) is 12.1. The van der Waals surface area contributed by atoms with Crippen molar-refractivity contribution in [1.29, 1.82) is 0 Å². The topological polar surface area (TPSA) is 37.3 Å². The number of aliphatic carboxylic acids is 1. The van der Waals surface area contributed by atoms with Crippen molar-refractivity contribution in [2.75, 3.05) is 0 Å². The predicted molar refractivity (Wildman–Crippen MR) is 76.0 cm³/mol. The lowest BCUT2D eigenvalue weighted by molar-refractivity contribution is -0.160. The average Bonchev–Trinajstić information content (AvgIpc) is 2.96. The smallest absolute Gasteiger partial charge is 0.307 e. The van der Waals surface area contributed by atoms with Crippen molar-refractivity contribution in [1.82, 2.24) is 0 Å². The summed E-state index contributed by atoms with van der Waals surface area (Å²) in [5.41, 5.74) is 0.381. The Kier molecular flexibility index (Phi) is 2.07. The Morgan fingerprint density at radius 3 is 2.05 bits per heavy atom. The van der Waals surface area contributed by atoms with Gasteiger partial charge in [0.15, 0.2) is 0 Å². The van der Waals surface area contributed by atoms with E-state index >= 15 is 0 Å². The summed E-state index contributed by atoms with van der Waals surface area (Å²) in [4.78, 5) is 11.9. The first-order chi connectivity index (χ1) is 9.60. The van der Waals surface area contributed by atoms with Crippen LogP contribution in [0.4, 0.5) is 0 Å². The predicted octanol–water partition coefficient (Wildman–Crippen LogP) is 3.87. The first kappa shape index (κ1) is 11.8. The van der Waals surface area contributed by atoms with Crippen molar-refractivity contribution in [3.63, 3.8) is 0 Å². The van der Waals surface area contributed by atoms with E-state index in [0.717, 1.165) is 30.6 Å². The van der Waals surface area contributed by atoms with Crippen LogP contribution in [0.15, 0.2) is 12.2 Å². The Hall–Kier alpha value is -0.790. The molecule has 5 saturated carbocycles. The average molecular weight is 272 g/mol. The maximum atomic E-state index is 11.9. The minimum absolute atomic E-state index is 0.0273. The lowest BCUT2D eigenvalue weighted by atomic mass is 9.41. The van der Waals surface area contributed by atoms with E-state index in [2.05, 4.69) is 12.2 Å². The Bertz CT molecular complexity index is 470. The van der Waals surface area contributed by atoms with E-state index in [1.165, 1.54) is 38.5 Å². The van der Waals surface area contributed by atoms with Gasteiger partial charge in [0.1, 0.15) is 0 Å². The highest BCUT2D eigenvalue weighted by Crippen LogP contribution is 2.73. The molecule has 0 heterocycles. The first-order valence-electron chi connectivity index (χ1n) is 8.52. The largest absolute Gasteiger partial charge is 0.481 e. The van der Waals surface area contributed by atoms with Crippen molar-refractivity contribution >= 4 is 5.97 Å². The summed E-state index contributed by atoms with van der Waals surface area (Å²) in [6, 6.07) is 0. The van der Waals surface area contributed by atoms with Gasteiger partial charge in [-0.25, -0.2) is 0 Å². The van der Waals surface area contributed by atoms with Crippen LogP contribution >= 0.6 is 0 Å². The van der Waals surface area contributed by atoms with E-state index in [-0.39, 0.29) is 11.3 Å². The van der Waals surface area contributed by atoms with Crippen molar-refractivity contribution < 1.29 is 9.90 Å². The molecule has 108 valence electrons. The van der Waals surface area contributed by atoms with Gasteiger partial charge in [0.25, 0.3) is 0 Å². The molecule has 1 N–H and O–H groups in total. The van der Waals surface area contributed by atoms with Crippen LogP contribution in [-0.4, -0.2) is 11.1 Å². The highest BCUT2D eigenvalue weighted by Gasteiger charge is 2.66. The fraction of sp³-hybridized carbons (Fsp3) is 0.833. The van der Waals surface area contributed by atoms with Crippen LogP contribution in [-0.2, 0) is 4.79 Å². The molecule has 0 aromatic rings. The third-order valence-corrected chi connectivity index (χ3v) is 7.75. The molecule has 6 aliphatic rings. The van der Waals surface area contributed by atoms with Gasteiger partial charge in [-0.05, 0) is 80.5 Å². The summed E-state index contributed by atoms with van der Waals surface area (Å²) < 4.78 is 0. The molecule has 0 radical (unpaired) electrons. The van der Waals surface area contributed by atoms with Gasteiger partial charge >= 0.3 is 5.97 Å². The van der Waals surface area contributed by atoms with Gasteiger partial charge in [-0.3, -0.25) is 4.79 Å². The molecular formula is C18H24O2.